The lowest BCUT2D eigenvalue weighted by molar-refractivity contribution is 0.237. The number of hydrogen-bond acceptors (Lipinski definition) is 2. The molecule has 0 radical (unpaired) electrons. The summed E-state index contributed by atoms with van der Waals surface area (Å²) in [6.07, 6.45) is 2.63. The zero-order valence-corrected chi connectivity index (χ0v) is 10.2. The summed E-state index contributed by atoms with van der Waals surface area (Å²) in [5.74, 6) is 0.523. The zero-order chi connectivity index (χ0) is 11.6. The van der Waals surface area contributed by atoms with E-state index in [-0.39, 0.29) is 5.41 Å². The van der Waals surface area contributed by atoms with Crippen LogP contribution in [0.15, 0.2) is 18.2 Å². The first kappa shape index (κ1) is 11.6. The fraction of sp³-hybridized carbons (Fsp3) is 0.417. The Labute approximate surface area is 105 Å². The number of ether oxygens (including phenoxy) is 1. The topological polar surface area (TPSA) is 33.0 Å². The normalized spacial score (nSPS) is 16.6. The Morgan fingerprint density at radius 2 is 1.94 bits per heavy atom. The molecule has 1 aliphatic rings. The number of benzene rings is 1. The van der Waals surface area contributed by atoms with Gasteiger partial charge < -0.3 is 4.74 Å². The zero-order valence-electron chi connectivity index (χ0n) is 8.67. The van der Waals surface area contributed by atoms with E-state index in [1.54, 1.807) is 18.2 Å². The molecule has 1 saturated carbocycles. The van der Waals surface area contributed by atoms with Crippen LogP contribution in [0.25, 0.3) is 0 Å². The predicted octanol–water partition coefficient (Wildman–Crippen LogP) is 4.07. The summed E-state index contributed by atoms with van der Waals surface area (Å²) in [6.45, 7) is 0.518. The van der Waals surface area contributed by atoms with E-state index in [1.165, 1.54) is 0 Å². The van der Waals surface area contributed by atoms with Crippen LogP contribution in [0.2, 0.25) is 10.0 Å². The van der Waals surface area contributed by atoms with Gasteiger partial charge in [-0.1, -0.05) is 29.3 Å². The minimum atomic E-state index is 0.0389. The number of nitriles is 1. The molecule has 0 bridgehead atoms. The second-order valence-electron chi connectivity index (χ2n) is 4.17. The quantitative estimate of drug-likeness (QED) is 0.813. The van der Waals surface area contributed by atoms with Crippen molar-refractivity contribution in [1.29, 1.82) is 5.26 Å². The van der Waals surface area contributed by atoms with Crippen molar-refractivity contribution >= 4 is 23.2 Å². The SMILES string of the molecule is N#CCC1(COc2c(Cl)cccc2Cl)CC1. The maximum absolute atomic E-state index is 8.69. The molecule has 1 aromatic carbocycles. The van der Waals surface area contributed by atoms with Gasteiger partial charge in [-0.2, -0.15) is 5.26 Å². The Kier molecular flexibility index (Phi) is 3.28. The first-order valence-corrected chi connectivity index (χ1v) is 5.86. The van der Waals surface area contributed by atoms with Crippen LogP contribution in [-0.2, 0) is 0 Å². The molecule has 0 heterocycles. The van der Waals surface area contributed by atoms with E-state index in [4.69, 9.17) is 33.2 Å². The molecule has 0 aliphatic heterocycles. The van der Waals surface area contributed by atoms with Gasteiger partial charge in [0.2, 0.25) is 0 Å². The molecular formula is C12H11Cl2NO. The molecule has 2 nitrogen and oxygen atoms in total. The van der Waals surface area contributed by atoms with Crippen molar-refractivity contribution in [3.05, 3.63) is 28.2 Å². The van der Waals surface area contributed by atoms with Gasteiger partial charge in [0.25, 0.3) is 0 Å². The van der Waals surface area contributed by atoms with E-state index in [0.29, 0.717) is 28.8 Å². The van der Waals surface area contributed by atoms with Crippen LogP contribution in [0.5, 0.6) is 5.75 Å². The maximum Gasteiger partial charge on any atom is 0.156 e. The van der Waals surface area contributed by atoms with Crippen LogP contribution < -0.4 is 4.74 Å². The first-order chi connectivity index (χ1) is 7.67. The minimum Gasteiger partial charge on any atom is -0.490 e. The summed E-state index contributed by atoms with van der Waals surface area (Å²) in [4.78, 5) is 0. The second kappa shape index (κ2) is 4.53. The smallest absolute Gasteiger partial charge is 0.156 e. The Morgan fingerprint density at radius 1 is 1.31 bits per heavy atom. The first-order valence-electron chi connectivity index (χ1n) is 5.11. The molecule has 2 rings (SSSR count). The molecule has 0 spiro atoms. The summed E-state index contributed by atoms with van der Waals surface area (Å²) < 4.78 is 5.63. The van der Waals surface area contributed by atoms with Gasteiger partial charge in [-0.15, -0.1) is 0 Å². The van der Waals surface area contributed by atoms with E-state index in [1.807, 2.05) is 0 Å². The standard InChI is InChI=1S/C12H11Cl2NO/c13-9-2-1-3-10(14)11(9)16-8-12(4-5-12)6-7-15/h1-3H,4-6,8H2. The summed E-state index contributed by atoms with van der Waals surface area (Å²) >= 11 is 12.0. The largest absolute Gasteiger partial charge is 0.490 e. The molecule has 16 heavy (non-hydrogen) atoms. The summed E-state index contributed by atoms with van der Waals surface area (Å²) in [7, 11) is 0. The van der Waals surface area contributed by atoms with E-state index < -0.39 is 0 Å². The Bertz CT molecular complexity index is 415. The number of rotatable bonds is 4. The molecular weight excluding hydrogens is 245 g/mol. The van der Waals surface area contributed by atoms with Crippen LogP contribution in [0.1, 0.15) is 19.3 Å². The summed E-state index contributed by atoms with van der Waals surface area (Å²) in [5, 5.41) is 9.72. The van der Waals surface area contributed by atoms with E-state index >= 15 is 0 Å². The van der Waals surface area contributed by atoms with E-state index in [9.17, 15) is 0 Å². The molecule has 1 aliphatic carbocycles. The third kappa shape index (κ3) is 2.42. The predicted molar refractivity (Wildman–Crippen MR) is 63.9 cm³/mol. The van der Waals surface area contributed by atoms with E-state index in [0.717, 1.165) is 12.8 Å². The molecule has 84 valence electrons. The summed E-state index contributed by atoms with van der Waals surface area (Å²) in [6, 6.07) is 7.45. The lowest BCUT2D eigenvalue weighted by atomic mass is 10.1. The summed E-state index contributed by atoms with van der Waals surface area (Å²) in [5.41, 5.74) is 0.0389. The van der Waals surface area contributed by atoms with Crippen molar-refractivity contribution < 1.29 is 4.74 Å². The van der Waals surface area contributed by atoms with Gasteiger partial charge in [-0.3, -0.25) is 0 Å². The van der Waals surface area contributed by atoms with Crippen LogP contribution in [-0.4, -0.2) is 6.61 Å². The third-order valence-electron chi connectivity index (χ3n) is 2.85. The highest BCUT2D eigenvalue weighted by atomic mass is 35.5. The fourth-order valence-corrected chi connectivity index (χ4v) is 2.07. The molecule has 1 fully saturated rings. The molecule has 0 unspecified atom stereocenters. The van der Waals surface area contributed by atoms with Gasteiger partial charge >= 0.3 is 0 Å². The van der Waals surface area contributed by atoms with Crippen molar-refractivity contribution in [1.82, 2.24) is 0 Å². The maximum atomic E-state index is 8.69. The number of halogens is 2. The fourth-order valence-electron chi connectivity index (χ4n) is 1.56. The number of para-hydroxylation sites is 1. The van der Waals surface area contributed by atoms with Crippen LogP contribution in [0, 0.1) is 16.7 Å². The van der Waals surface area contributed by atoms with Gasteiger partial charge in [-0.05, 0) is 25.0 Å². The lowest BCUT2D eigenvalue weighted by Gasteiger charge is -2.14. The van der Waals surface area contributed by atoms with Gasteiger partial charge in [0.05, 0.1) is 22.7 Å². The van der Waals surface area contributed by atoms with E-state index in [2.05, 4.69) is 6.07 Å². The van der Waals surface area contributed by atoms with Gasteiger partial charge in [0.15, 0.2) is 5.75 Å². The van der Waals surface area contributed by atoms with Crippen molar-refractivity contribution in [3.8, 4) is 11.8 Å². The van der Waals surface area contributed by atoms with Gasteiger partial charge in [-0.25, -0.2) is 0 Å². The number of nitrogens with zero attached hydrogens (tertiary/aromatic N) is 1. The lowest BCUT2D eigenvalue weighted by Crippen LogP contribution is -2.12. The van der Waals surface area contributed by atoms with Crippen molar-refractivity contribution in [2.45, 2.75) is 19.3 Å². The molecule has 0 N–H and O–H groups in total. The molecule has 0 saturated heterocycles. The van der Waals surface area contributed by atoms with Crippen LogP contribution in [0.3, 0.4) is 0 Å². The third-order valence-corrected chi connectivity index (χ3v) is 3.45. The minimum absolute atomic E-state index is 0.0389. The molecule has 0 atom stereocenters. The monoisotopic (exact) mass is 255 g/mol. The highest BCUT2D eigenvalue weighted by Crippen LogP contribution is 2.49. The van der Waals surface area contributed by atoms with Gasteiger partial charge in [0, 0.05) is 11.8 Å². The molecule has 4 heteroatoms. The molecule has 0 aromatic heterocycles. The molecule has 1 aromatic rings. The van der Waals surface area contributed by atoms with Crippen LogP contribution in [0.4, 0.5) is 0 Å². The highest BCUT2D eigenvalue weighted by molar-refractivity contribution is 6.37. The van der Waals surface area contributed by atoms with Crippen LogP contribution >= 0.6 is 23.2 Å². The van der Waals surface area contributed by atoms with Crippen molar-refractivity contribution in [2.24, 2.45) is 5.41 Å². The molecule has 0 amide bonds. The number of hydrogen-bond donors (Lipinski definition) is 0. The Balaban J connectivity index is 2.03. The average molecular weight is 256 g/mol. The Hall–Kier alpha value is -0.910. The average Bonchev–Trinajstić information content (AvgIpc) is 2.98. The van der Waals surface area contributed by atoms with Crippen molar-refractivity contribution in [2.75, 3.05) is 6.61 Å². The van der Waals surface area contributed by atoms with Gasteiger partial charge in [0.1, 0.15) is 0 Å². The Morgan fingerprint density at radius 3 is 2.44 bits per heavy atom. The van der Waals surface area contributed by atoms with Crippen molar-refractivity contribution in [3.63, 3.8) is 0 Å². The second-order valence-corrected chi connectivity index (χ2v) is 4.99. The highest BCUT2D eigenvalue weighted by Gasteiger charge is 2.43.